The molecule has 5 nitrogen and oxygen atoms in total. The summed E-state index contributed by atoms with van der Waals surface area (Å²) in [6.07, 6.45) is 0.105. The summed E-state index contributed by atoms with van der Waals surface area (Å²) in [5.74, 6) is 0.790. The molecule has 3 N–H and O–H groups in total. The third-order valence-electron chi connectivity index (χ3n) is 3.81. The Balaban J connectivity index is 1.91. The fraction of sp³-hybridized carbons (Fsp3) is 0.350. The van der Waals surface area contributed by atoms with Gasteiger partial charge < -0.3 is 20.5 Å². The molecule has 0 aliphatic heterocycles. The number of ether oxygens (including phenoxy) is 1. The summed E-state index contributed by atoms with van der Waals surface area (Å²) in [6, 6.07) is 14.8. The molecule has 2 amide bonds. The summed E-state index contributed by atoms with van der Waals surface area (Å²) in [5.41, 5.74) is 2.69. The van der Waals surface area contributed by atoms with Crippen LogP contribution >= 0.6 is 0 Å². The summed E-state index contributed by atoms with van der Waals surface area (Å²) in [5, 5.41) is 15.1. The van der Waals surface area contributed by atoms with E-state index in [0.29, 0.717) is 6.54 Å². The largest absolute Gasteiger partial charge is 0.491 e. The number of carbonyl (C=O) groups is 1. The van der Waals surface area contributed by atoms with Crippen LogP contribution in [0, 0.1) is 0 Å². The fourth-order valence-electron chi connectivity index (χ4n) is 2.52. The first-order valence-electron chi connectivity index (χ1n) is 8.48. The first-order valence-corrected chi connectivity index (χ1v) is 8.48. The van der Waals surface area contributed by atoms with Gasteiger partial charge in [0.05, 0.1) is 18.8 Å². The number of benzene rings is 2. The molecule has 0 spiro atoms. The van der Waals surface area contributed by atoms with Gasteiger partial charge in [-0.05, 0) is 49.6 Å². The van der Waals surface area contributed by atoms with Gasteiger partial charge in [-0.15, -0.1) is 0 Å². The molecule has 25 heavy (non-hydrogen) atoms. The molecule has 0 aliphatic carbocycles. The molecule has 0 bridgehead atoms. The van der Waals surface area contributed by atoms with Crippen molar-refractivity contribution < 1.29 is 14.6 Å². The van der Waals surface area contributed by atoms with Crippen molar-refractivity contribution in [2.24, 2.45) is 0 Å². The zero-order valence-electron chi connectivity index (χ0n) is 15.0. The Bertz CT molecular complexity index is 701. The van der Waals surface area contributed by atoms with E-state index in [4.69, 9.17) is 4.74 Å². The maximum Gasteiger partial charge on any atom is 0.315 e. The Morgan fingerprint density at radius 1 is 1.08 bits per heavy atom. The van der Waals surface area contributed by atoms with E-state index < -0.39 is 0 Å². The molecule has 2 rings (SSSR count). The second kappa shape index (κ2) is 9.08. The molecule has 0 aromatic heterocycles. The molecule has 1 unspecified atom stereocenters. The number of carbonyl (C=O) groups excluding carboxylic acids is 1. The van der Waals surface area contributed by atoms with Crippen molar-refractivity contribution >= 4 is 6.03 Å². The second-order valence-electron chi connectivity index (χ2n) is 6.21. The number of aliphatic hydroxyl groups excluding tert-OH is 1. The van der Waals surface area contributed by atoms with Gasteiger partial charge in [0.15, 0.2) is 0 Å². The van der Waals surface area contributed by atoms with E-state index in [9.17, 15) is 9.90 Å². The molecule has 0 fully saturated rings. The van der Waals surface area contributed by atoms with Crippen LogP contribution in [0.4, 0.5) is 4.79 Å². The van der Waals surface area contributed by atoms with Gasteiger partial charge in [-0.25, -0.2) is 4.79 Å². The molecule has 0 heterocycles. The summed E-state index contributed by atoms with van der Waals surface area (Å²) in [6.45, 7) is 6.21. The third kappa shape index (κ3) is 5.80. The first-order chi connectivity index (χ1) is 12.0. The van der Waals surface area contributed by atoms with Gasteiger partial charge in [-0.3, -0.25) is 0 Å². The molecule has 2 aromatic rings. The van der Waals surface area contributed by atoms with Crippen molar-refractivity contribution in [1.82, 2.24) is 10.6 Å². The highest BCUT2D eigenvalue weighted by Crippen LogP contribution is 2.20. The van der Waals surface area contributed by atoms with Crippen molar-refractivity contribution in [1.29, 1.82) is 0 Å². The van der Waals surface area contributed by atoms with Crippen LogP contribution in [0.3, 0.4) is 0 Å². The Morgan fingerprint density at radius 2 is 1.80 bits per heavy atom. The number of urea groups is 1. The van der Waals surface area contributed by atoms with Crippen molar-refractivity contribution in [3.63, 3.8) is 0 Å². The molecule has 134 valence electrons. The smallest absolute Gasteiger partial charge is 0.315 e. The van der Waals surface area contributed by atoms with Crippen molar-refractivity contribution in [3.05, 3.63) is 65.2 Å². The molecule has 0 radical (unpaired) electrons. The Kier molecular flexibility index (Phi) is 6.83. The van der Waals surface area contributed by atoms with Crippen LogP contribution in [-0.2, 0) is 13.2 Å². The lowest BCUT2D eigenvalue weighted by molar-refractivity contribution is 0.236. The number of aliphatic hydroxyl groups is 1. The van der Waals surface area contributed by atoms with Crippen molar-refractivity contribution in [2.45, 2.75) is 46.1 Å². The van der Waals surface area contributed by atoms with E-state index in [1.807, 2.05) is 69.3 Å². The van der Waals surface area contributed by atoms with E-state index in [2.05, 4.69) is 10.6 Å². The molecule has 0 aliphatic rings. The number of hydrogen-bond donors (Lipinski definition) is 3. The minimum Gasteiger partial charge on any atom is -0.491 e. The van der Waals surface area contributed by atoms with Gasteiger partial charge in [0, 0.05) is 6.54 Å². The lowest BCUT2D eigenvalue weighted by atomic mass is 10.1. The minimum atomic E-state index is -0.254. The van der Waals surface area contributed by atoms with Gasteiger partial charge in [0.1, 0.15) is 5.75 Å². The quantitative estimate of drug-likeness (QED) is 0.721. The molecule has 0 saturated carbocycles. The highest BCUT2D eigenvalue weighted by molar-refractivity contribution is 5.74. The number of rotatable bonds is 7. The summed E-state index contributed by atoms with van der Waals surface area (Å²) < 4.78 is 5.69. The summed E-state index contributed by atoms with van der Waals surface area (Å²) in [7, 11) is 0. The SMILES string of the molecule is CC(C)Oc1cccc(C(C)NC(=O)NCc2ccccc2CO)c1. The average Bonchev–Trinajstić information content (AvgIpc) is 2.59. The van der Waals surface area contributed by atoms with Gasteiger partial charge in [0.25, 0.3) is 0 Å². The van der Waals surface area contributed by atoms with Gasteiger partial charge >= 0.3 is 6.03 Å². The van der Waals surface area contributed by atoms with E-state index in [1.165, 1.54) is 0 Å². The van der Waals surface area contributed by atoms with E-state index >= 15 is 0 Å². The molecule has 5 heteroatoms. The monoisotopic (exact) mass is 342 g/mol. The average molecular weight is 342 g/mol. The molecular formula is C20H26N2O3. The van der Waals surface area contributed by atoms with E-state index in [0.717, 1.165) is 22.4 Å². The standard InChI is InChI=1S/C20H26N2O3/c1-14(2)25-19-10-6-9-16(11-19)15(3)22-20(24)21-12-17-7-4-5-8-18(17)13-23/h4-11,14-15,23H,12-13H2,1-3H3,(H2,21,22,24). The predicted octanol–water partition coefficient (Wildman–Crippen LogP) is 3.53. The highest BCUT2D eigenvalue weighted by atomic mass is 16.5. The number of hydrogen-bond acceptors (Lipinski definition) is 3. The first kappa shape index (κ1) is 18.8. The molecular weight excluding hydrogens is 316 g/mol. The van der Waals surface area contributed by atoms with E-state index in [-0.39, 0.29) is 24.8 Å². The zero-order valence-corrected chi connectivity index (χ0v) is 15.0. The van der Waals surface area contributed by atoms with Crippen LogP contribution in [0.15, 0.2) is 48.5 Å². The van der Waals surface area contributed by atoms with Crippen LogP contribution in [-0.4, -0.2) is 17.2 Å². The predicted molar refractivity (Wildman–Crippen MR) is 98.4 cm³/mol. The van der Waals surface area contributed by atoms with E-state index in [1.54, 1.807) is 0 Å². The second-order valence-corrected chi connectivity index (χ2v) is 6.21. The van der Waals surface area contributed by atoms with Crippen molar-refractivity contribution in [2.75, 3.05) is 0 Å². The van der Waals surface area contributed by atoms with Crippen LogP contribution in [0.2, 0.25) is 0 Å². The molecule has 0 saturated heterocycles. The van der Waals surface area contributed by atoms with Crippen LogP contribution in [0.1, 0.15) is 43.5 Å². The van der Waals surface area contributed by atoms with Crippen molar-refractivity contribution in [3.8, 4) is 5.75 Å². The summed E-state index contributed by atoms with van der Waals surface area (Å²) >= 11 is 0. The van der Waals surface area contributed by atoms with Crippen LogP contribution in [0.25, 0.3) is 0 Å². The number of nitrogens with one attached hydrogen (secondary N) is 2. The van der Waals surface area contributed by atoms with Crippen LogP contribution in [0.5, 0.6) is 5.75 Å². The lowest BCUT2D eigenvalue weighted by Gasteiger charge is -2.17. The Morgan fingerprint density at radius 3 is 2.48 bits per heavy atom. The van der Waals surface area contributed by atoms with Gasteiger partial charge in [-0.2, -0.15) is 0 Å². The van der Waals surface area contributed by atoms with Gasteiger partial charge in [-0.1, -0.05) is 36.4 Å². The zero-order chi connectivity index (χ0) is 18.2. The third-order valence-corrected chi connectivity index (χ3v) is 3.81. The molecule has 2 aromatic carbocycles. The van der Waals surface area contributed by atoms with Crippen LogP contribution < -0.4 is 15.4 Å². The minimum absolute atomic E-state index is 0.0431. The Labute approximate surface area is 149 Å². The molecule has 1 atom stereocenters. The lowest BCUT2D eigenvalue weighted by Crippen LogP contribution is -2.36. The van der Waals surface area contributed by atoms with Gasteiger partial charge in [0.2, 0.25) is 0 Å². The summed E-state index contributed by atoms with van der Waals surface area (Å²) in [4.78, 5) is 12.1. The normalized spacial score (nSPS) is 11.9. The topological polar surface area (TPSA) is 70.6 Å². The Hall–Kier alpha value is -2.53. The maximum absolute atomic E-state index is 12.1. The highest BCUT2D eigenvalue weighted by Gasteiger charge is 2.11. The maximum atomic E-state index is 12.1. The fourth-order valence-corrected chi connectivity index (χ4v) is 2.52. The number of amides is 2.